The van der Waals surface area contributed by atoms with Crippen LogP contribution in [0.1, 0.15) is 18.1 Å². The van der Waals surface area contributed by atoms with Crippen LogP contribution in [0.3, 0.4) is 0 Å². The van der Waals surface area contributed by atoms with Crippen LogP contribution < -0.4 is 20.1 Å². The van der Waals surface area contributed by atoms with E-state index in [1.54, 1.807) is 37.3 Å². The smallest absolute Gasteiger partial charge is 0.265 e. The van der Waals surface area contributed by atoms with Gasteiger partial charge >= 0.3 is 0 Å². The zero-order valence-corrected chi connectivity index (χ0v) is 15.4. The summed E-state index contributed by atoms with van der Waals surface area (Å²) < 4.78 is 11.0. The molecule has 0 unspecified atom stereocenters. The molecule has 0 aliphatic carbocycles. The highest BCUT2D eigenvalue weighted by Gasteiger charge is 2.19. The van der Waals surface area contributed by atoms with Gasteiger partial charge in [0.25, 0.3) is 11.8 Å². The van der Waals surface area contributed by atoms with Crippen molar-refractivity contribution in [1.29, 1.82) is 0 Å². The van der Waals surface area contributed by atoms with Crippen LogP contribution in [0.5, 0.6) is 11.5 Å². The first-order valence-corrected chi connectivity index (χ1v) is 8.52. The average Bonchev–Trinajstić information content (AvgIpc) is 2.59. The number of fused-ring (bicyclic) bond motifs is 1. The third-order valence-corrected chi connectivity index (χ3v) is 4.57. The lowest BCUT2D eigenvalue weighted by molar-refractivity contribution is -0.122. The summed E-state index contributed by atoms with van der Waals surface area (Å²) in [5.74, 6) is 0.613. The van der Waals surface area contributed by atoms with Gasteiger partial charge < -0.3 is 20.1 Å². The van der Waals surface area contributed by atoms with Crippen molar-refractivity contribution in [3.8, 4) is 11.5 Å². The molecule has 7 heteroatoms. The summed E-state index contributed by atoms with van der Waals surface area (Å²) in [5.41, 5.74) is 2.84. The number of nitrogens with one attached hydrogen (secondary N) is 2. The van der Waals surface area contributed by atoms with Gasteiger partial charge in [0.1, 0.15) is 11.5 Å². The fourth-order valence-electron chi connectivity index (χ4n) is 2.64. The predicted octanol–water partition coefficient (Wildman–Crippen LogP) is 3.69. The van der Waals surface area contributed by atoms with Crippen molar-refractivity contribution in [2.45, 2.75) is 26.9 Å². The number of benzene rings is 2. The van der Waals surface area contributed by atoms with Gasteiger partial charge in [0.15, 0.2) is 12.7 Å². The van der Waals surface area contributed by atoms with Crippen molar-refractivity contribution in [3.63, 3.8) is 0 Å². The Bertz CT molecular complexity index is 859. The molecule has 0 bridgehead atoms. The number of halogens is 1. The van der Waals surface area contributed by atoms with Crippen molar-refractivity contribution in [3.05, 3.63) is 46.5 Å². The van der Waals surface area contributed by atoms with Crippen LogP contribution >= 0.6 is 11.6 Å². The van der Waals surface area contributed by atoms with E-state index in [0.29, 0.717) is 27.9 Å². The van der Waals surface area contributed by atoms with E-state index in [1.165, 1.54) is 0 Å². The molecule has 26 heavy (non-hydrogen) atoms. The maximum absolute atomic E-state index is 12.4. The second kappa shape index (κ2) is 7.25. The van der Waals surface area contributed by atoms with E-state index in [4.69, 9.17) is 21.1 Å². The molecule has 6 nitrogen and oxygen atoms in total. The van der Waals surface area contributed by atoms with Crippen molar-refractivity contribution >= 4 is 34.8 Å². The largest absolute Gasteiger partial charge is 0.482 e. The fraction of sp³-hybridized carbons (Fsp3) is 0.263. The number of hydrogen-bond donors (Lipinski definition) is 2. The van der Waals surface area contributed by atoms with Crippen molar-refractivity contribution < 1.29 is 19.1 Å². The molecule has 2 amide bonds. The van der Waals surface area contributed by atoms with Gasteiger partial charge in [-0.05, 0) is 62.2 Å². The first-order chi connectivity index (χ1) is 12.3. The summed E-state index contributed by atoms with van der Waals surface area (Å²) in [6, 6.07) is 8.64. The summed E-state index contributed by atoms with van der Waals surface area (Å²) in [6.45, 7) is 5.42. The number of carbonyl (C=O) groups is 2. The highest BCUT2D eigenvalue weighted by atomic mass is 35.5. The minimum Gasteiger partial charge on any atom is -0.482 e. The van der Waals surface area contributed by atoms with Gasteiger partial charge in [-0.15, -0.1) is 0 Å². The SMILES string of the molecule is Cc1cc(O[C@H](C)C(=O)Nc2ccc3c(c2)NC(=O)CO3)cc(C)c1Cl. The Morgan fingerprint density at radius 2 is 1.96 bits per heavy atom. The Hall–Kier alpha value is -2.73. The van der Waals surface area contributed by atoms with Gasteiger partial charge in [-0.25, -0.2) is 0 Å². The fourth-order valence-corrected chi connectivity index (χ4v) is 2.75. The van der Waals surface area contributed by atoms with Gasteiger partial charge in [0.05, 0.1) is 5.69 Å². The molecule has 136 valence electrons. The molecule has 2 aromatic rings. The Labute approximate surface area is 156 Å². The molecule has 1 aliphatic heterocycles. The third-order valence-electron chi connectivity index (χ3n) is 3.97. The highest BCUT2D eigenvalue weighted by molar-refractivity contribution is 6.32. The molecule has 1 aliphatic rings. The molecule has 1 atom stereocenters. The summed E-state index contributed by atoms with van der Waals surface area (Å²) in [7, 11) is 0. The van der Waals surface area contributed by atoms with Crippen LogP contribution in [0, 0.1) is 13.8 Å². The molecule has 2 N–H and O–H groups in total. The molecule has 0 saturated heterocycles. The average molecular weight is 375 g/mol. The molecule has 0 aromatic heterocycles. The number of carbonyl (C=O) groups excluding carboxylic acids is 2. The van der Waals surface area contributed by atoms with Crippen molar-refractivity contribution in [2.75, 3.05) is 17.2 Å². The Morgan fingerprint density at radius 1 is 1.27 bits per heavy atom. The van der Waals surface area contributed by atoms with Gasteiger partial charge in [0.2, 0.25) is 0 Å². The van der Waals surface area contributed by atoms with E-state index < -0.39 is 6.10 Å². The summed E-state index contributed by atoms with van der Waals surface area (Å²) >= 11 is 6.15. The van der Waals surface area contributed by atoms with Crippen LogP contribution in [-0.4, -0.2) is 24.5 Å². The van der Waals surface area contributed by atoms with E-state index in [9.17, 15) is 9.59 Å². The van der Waals surface area contributed by atoms with E-state index in [2.05, 4.69) is 10.6 Å². The second-order valence-corrected chi connectivity index (χ2v) is 6.55. The van der Waals surface area contributed by atoms with Crippen LogP contribution in [0.4, 0.5) is 11.4 Å². The lowest BCUT2D eigenvalue weighted by Gasteiger charge is -2.20. The lowest BCUT2D eigenvalue weighted by atomic mass is 10.1. The Balaban J connectivity index is 1.68. The maximum atomic E-state index is 12.4. The molecular formula is C19H19ClN2O4. The Kier molecular flexibility index (Phi) is 5.04. The van der Waals surface area contributed by atoms with E-state index in [-0.39, 0.29) is 18.4 Å². The molecule has 2 aromatic carbocycles. The van der Waals surface area contributed by atoms with Gasteiger partial charge in [-0.3, -0.25) is 9.59 Å². The first kappa shape index (κ1) is 18.1. The van der Waals surface area contributed by atoms with Gasteiger partial charge in [0, 0.05) is 10.7 Å². The molecule has 0 radical (unpaired) electrons. The van der Waals surface area contributed by atoms with Crippen LogP contribution in [0.15, 0.2) is 30.3 Å². The highest BCUT2D eigenvalue weighted by Crippen LogP contribution is 2.31. The van der Waals surface area contributed by atoms with Crippen molar-refractivity contribution in [2.24, 2.45) is 0 Å². The monoisotopic (exact) mass is 374 g/mol. The number of anilines is 2. The summed E-state index contributed by atoms with van der Waals surface area (Å²) in [5, 5.41) is 6.16. The quantitative estimate of drug-likeness (QED) is 0.855. The standard InChI is InChI=1S/C19H19ClN2O4/c1-10-6-14(7-11(2)18(10)20)26-12(3)19(24)21-13-4-5-16-15(8-13)22-17(23)9-25-16/h4-8,12H,9H2,1-3H3,(H,21,24)(H,22,23)/t12-/m1/s1. The molecular weight excluding hydrogens is 356 g/mol. The third kappa shape index (κ3) is 3.91. The van der Waals surface area contributed by atoms with Crippen LogP contribution in [0.2, 0.25) is 5.02 Å². The van der Waals surface area contributed by atoms with Crippen LogP contribution in [0.25, 0.3) is 0 Å². The normalized spacial score (nSPS) is 13.9. The maximum Gasteiger partial charge on any atom is 0.265 e. The molecule has 0 fully saturated rings. The number of rotatable bonds is 4. The number of hydrogen-bond acceptors (Lipinski definition) is 4. The predicted molar refractivity (Wildman–Crippen MR) is 100 cm³/mol. The topological polar surface area (TPSA) is 76.7 Å². The summed E-state index contributed by atoms with van der Waals surface area (Å²) in [4.78, 5) is 23.8. The summed E-state index contributed by atoms with van der Waals surface area (Å²) in [6.07, 6.45) is -0.711. The minimum atomic E-state index is -0.711. The van der Waals surface area contributed by atoms with Gasteiger partial charge in [-0.1, -0.05) is 11.6 Å². The number of ether oxygens (including phenoxy) is 2. The molecule has 0 saturated carbocycles. The van der Waals surface area contributed by atoms with Crippen LogP contribution in [-0.2, 0) is 9.59 Å². The number of amides is 2. The second-order valence-electron chi connectivity index (χ2n) is 6.17. The van der Waals surface area contributed by atoms with E-state index >= 15 is 0 Å². The van der Waals surface area contributed by atoms with Gasteiger partial charge in [-0.2, -0.15) is 0 Å². The van der Waals surface area contributed by atoms with Crippen molar-refractivity contribution in [1.82, 2.24) is 0 Å². The zero-order chi connectivity index (χ0) is 18.8. The first-order valence-electron chi connectivity index (χ1n) is 8.14. The number of aryl methyl sites for hydroxylation is 2. The van der Waals surface area contributed by atoms with E-state index in [0.717, 1.165) is 11.1 Å². The lowest BCUT2D eigenvalue weighted by Crippen LogP contribution is -2.30. The minimum absolute atomic E-state index is 0.0104. The van der Waals surface area contributed by atoms with E-state index in [1.807, 2.05) is 13.8 Å². The molecule has 3 rings (SSSR count). The Morgan fingerprint density at radius 3 is 2.65 bits per heavy atom. The zero-order valence-electron chi connectivity index (χ0n) is 14.7. The molecule has 1 heterocycles. The molecule has 0 spiro atoms.